The molecule has 0 aliphatic rings. The first-order chi connectivity index (χ1) is 10.3. The third-order valence-electron chi connectivity index (χ3n) is 3.42. The zero-order chi connectivity index (χ0) is 16.8. The van der Waals surface area contributed by atoms with Gasteiger partial charge in [0.1, 0.15) is 11.8 Å². The summed E-state index contributed by atoms with van der Waals surface area (Å²) in [6, 6.07) is 4.89. The minimum atomic E-state index is -3.83. The van der Waals surface area contributed by atoms with Crippen molar-refractivity contribution in [2.75, 3.05) is 13.7 Å². The van der Waals surface area contributed by atoms with Crippen LogP contribution in [-0.4, -0.2) is 43.5 Å². The van der Waals surface area contributed by atoms with Crippen LogP contribution in [0.3, 0.4) is 0 Å². The van der Waals surface area contributed by atoms with Crippen molar-refractivity contribution in [2.24, 2.45) is 0 Å². The number of likely N-dealkylation sites (N-methyl/N-ethyl adjacent to an activating group) is 1. The summed E-state index contributed by atoms with van der Waals surface area (Å²) < 4.78 is 31.0. The van der Waals surface area contributed by atoms with E-state index in [4.69, 9.17) is 9.84 Å². The van der Waals surface area contributed by atoms with E-state index in [-0.39, 0.29) is 4.90 Å². The highest BCUT2D eigenvalue weighted by molar-refractivity contribution is 7.89. The number of hydrogen-bond acceptors (Lipinski definition) is 4. The molecule has 22 heavy (non-hydrogen) atoms. The summed E-state index contributed by atoms with van der Waals surface area (Å²) in [4.78, 5) is 11.0. The second-order valence-electron chi connectivity index (χ2n) is 5.06. The van der Waals surface area contributed by atoms with Crippen LogP contribution in [-0.2, 0) is 14.8 Å². The lowest BCUT2D eigenvalue weighted by atomic mass is 10.3. The van der Waals surface area contributed by atoms with Gasteiger partial charge in [0.05, 0.1) is 11.5 Å². The number of hydrogen-bond donors (Lipinski definition) is 1. The standard InChI is InChI=1S/C15H23NO5S/c1-4-5-6-11-21-13-7-9-14(10-8-13)22(19,20)16(3)12(2)15(17)18/h7-10,12H,4-6,11H2,1-3H3,(H,17,18). The molecule has 0 heterocycles. The number of carbonyl (C=O) groups is 1. The van der Waals surface area contributed by atoms with Gasteiger partial charge in [0, 0.05) is 7.05 Å². The molecule has 7 heteroatoms. The van der Waals surface area contributed by atoms with Gasteiger partial charge in [-0.3, -0.25) is 4.79 Å². The van der Waals surface area contributed by atoms with Crippen LogP contribution >= 0.6 is 0 Å². The van der Waals surface area contributed by atoms with Crippen LogP contribution in [0.15, 0.2) is 29.2 Å². The Hall–Kier alpha value is -1.60. The SMILES string of the molecule is CCCCCOc1ccc(S(=O)(=O)N(C)C(C)C(=O)O)cc1. The minimum absolute atomic E-state index is 0.0454. The molecule has 1 N–H and O–H groups in total. The second kappa shape index (κ2) is 8.14. The molecular formula is C15H23NO5S. The fourth-order valence-corrected chi connectivity index (χ4v) is 3.10. The van der Waals surface area contributed by atoms with Crippen LogP contribution in [0.2, 0.25) is 0 Å². The van der Waals surface area contributed by atoms with Gasteiger partial charge in [0.25, 0.3) is 0 Å². The van der Waals surface area contributed by atoms with E-state index in [2.05, 4.69) is 6.92 Å². The summed E-state index contributed by atoms with van der Waals surface area (Å²) in [6.07, 6.45) is 3.15. The molecule has 1 atom stereocenters. The van der Waals surface area contributed by atoms with Gasteiger partial charge >= 0.3 is 5.97 Å². The van der Waals surface area contributed by atoms with Gasteiger partial charge in [-0.2, -0.15) is 4.31 Å². The van der Waals surface area contributed by atoms with Crippen molar-refractivity contribution in [1.29, 1.82) is 0 Å². The monoisotopic (exact) mass is 329 g/mol. The van der Waals surface area contributed by atoms with Crippen molar-refractivity contribution < 1.29 is 23.1 Å². The van der Waals surface area contributed by atoms with E-state index in [1.165, 1.54) is 26.1 Å². The molecule has 0 aromatic heterocycles. The van der Waals surface area contributed by atoms with Crippen molar-refractivity contribution in [3.8, 4) is 5.75 Å². The highest BCUT2D eigenvalue weighted by atomic mass is 32.2. The lowest BCUT2D eigenvalue weighted by Crippen LogP contribution is -2.40. The maximum absolute atomic E-state index is 12.3. The average molecular weight is 329 g/mol. The molecule has 0 fully saturated rings. The zero-order valence-corrected chi connectivity index (χ0v) is 14.0. The Kier molecular flexibility index (Phi) is 6.83. The summed E-state index contributed by atoms with van der Waals surface area (Å²) in [5, 5.41) is 8.92. The molecule has 0 spiro atoms. The Bertz CT molecular complexity index is 582. The molecule has 0 aliphatic carbocycles. The molecule has 0 bridgehead atoms. The van der Waals surface area contributed by atoms with Gasteiger partial charge in [-0.15, -0.1) is 0 Å². The highest BCUT2D eigenvalue weighted by Gasteiger charge is 2.29. The third-order valence-corrected chi connectivity index (χ3v) is 5.36. The molecular weight excluding hydrogens is 306 g/mol. The number of unbranched alkanes of at least 4 members (excludes halogenated alkanes) is 2. The third kappa shape index (κ3) is 4.71. The molecule has 6 nitrogen and oxygen atoms in total. The number of carboxylic acids is 1. The van der Waals surface area contributed by atoms with Crippen LogP contribution in [0, 0.1) is 0 Å². The molecule has 124 valence electrons. The van der Waals surface area contributed by atoms with Crippen LogP contribution in [0.5, 0.6) is 5.75 Å². The number of ether oxygens (including phenoxy) is 1. The first-order valence-electron chi connectivity index (χ1n) is 7.24. The molecule has 0 aliphatic heterocycles. The van der Waals surface area contributed by atoms with Gasteiger partial charge in [0.15, 0.2) is 0 Å². The number of rotatable bonds is 9. The van der Waals surface area contributed by atoms with Gasteiger partial charge in [0.2, 0.25) is 10.0 Å². The summed E-state index contributed by atoms with van der Waals surface area (Å²) in [5.41, 5.74) is 0. The fourth-order valence-electron chi connectivity index (χ4n) is 1.78. The van der Waals surface area contributed by atoms with Crippen molar-refractivity contribution in [2.45, 2.75) is 44.0 Å². The van der Waals surface area contributed by atoms with Crippen LogP contribution in [0.25, 0.3) is 0 Å². The number of aliphatic carboxylic acids is 1. The average Bonchev–Trinajstić information content (AvgIpc) is 2.50. The van der Waals surface area contributed by atoms with E-state index < -0.39 is 22.0 Å². The maximum Gasteiger partial charge on any atom is 0.321 e. The Balaban J connectivity index is 2.78. The van der Waals surface area contributed by atoms with E-state index in [0.29, 0.717) is 12.4 Å². The molecule has 0 amide bonds. The van der Waals surface area contributed by atoms with E-state index in [1.807, 2.05) is 0 Å². The van der Waals surface area contributed by atoms with E-state index in [9.17, 15) is 13.2 Å². The smallest absolute Gasteiger partial charge is 0.321 e. The zero-order valence-electron chi connectivity index (χ0n) is 13.2. The van der Waals surface area contributed by atoms with Crippen molar-refractivity contribution in [1.82, 2.24) is 4.31 Å². The number of nitrogens with zero attached hydrogens (tertiary/aromatic N) is 1. The quantitative estimate of drug-likeness (QED) is 0.703. The van der Waals surface area contributed by atoms with Crippen molar-refractivity contribution in [3.05, 3.63) is 24.3 Å². The Labute approximate surface area is 131 Å². The highest BCUT2D eigenvalue weighted by Crippen LogP contribution is 2.20. The van der Waals surface area contributed by atoms with E-state index in [0.717, 1.165) is 23.6 Å². The van der Waals surface area contributed by atoms with E-state index >= 15 is 0 Å². The molecule has 1 aromatic rings. The fraction of sp³-hybridized carbons (Fsp3) is 0.533. The van der Waals surface area contributed by atoms with Gasteiger partial charge in [-0.05, 0) is 37.6 Å². The lowest BCUT2D eigenvalue weighted by Gasteiger charge is -2.21. The molecule has 0 radical (unpaired) electrons. The summed E-state index contributed by atoms with van der Waals surface area (Å²) in [6.45, 7) is 4.02. The maximum atomic E-state index is 12.3. The van der Waals surface area contributed by atoms with Gasteiger partial charge in [-0.1, -0.05) is 19.8 Å². The molecule has 1 rings (SSSR count). The first-order valence-corrected chi connectivity index (χ1v) is 8.68. The predicted molar refractivity (Wildman–Crippen MR) is 83.5 cm³/mol. The molecule has 0 saturated heterocycles. The van der Waals surface area contributed by atoms with Gasteiger partial charge < -0.3 is 9.84 Å². The first kappa shape index (κ1) is 18.4. The van der Waals surface area contributed by atoms with Crippen LogP contribution < -0.4 is 4.74 Å². The van der Waals surface area contributed by atoms with Crippen LogP contribution in [0.1, 0.15) is 33.1 Å². The van der Waals surface area contributed by atoms with Crippen molar-refractivity contribution >= 4 is 16.0 Å². The van der Waals surface area contributed by atoms with Crippen LogP contribution in [0.4, 0.5) is 0 Å². The van der Waals surface area contributed by atoms with E-state index in [1.54, 1.807) is 12.1 Å². The number of benzene rings is 1. The van der Waals surface area contributed by atoms with Gasteiger partial charge in [-0.25, -0.2) is 8.42 Å². The lowest BCUT2D eigenvalue weighted by molar-refractivity contribution is -0.140. The Morgan fingerprint density at radius 3 is 2.36 bits per heavy atom. The Morgan fingerprint density at radius 1 is 1.27 bits per heavy atom. The second-order valence-corrected chi connectivity index (χ2v) is 7.06. The normalized spacial score (nSPS) is 13.1. The number of sulfonamides is 1. The van der Waals surface area contributed by atoms with Crippen molar-refractivity contribution in [3.63, 3.8) is 0 Å². The predicted octanol–water partition coefficient (Wildman–Crippen LogP) is 2.35. The summed E-state index contributed by atoms with van der Waals surface area (Å²) >= 11 is 0. The minimum Gasteiger partial charge on any atom is -0.494 e. The summed E-state index contributed by atoms with van der Waals surface area (Å²) in [5.74, 6) is -0.592. The molecule has 1 aromatic carbocycles. The number of carboxylic acid groups (broad SMARTS) is 1. The summed E-state index contributed by atoms with van der Waals surface area (Å²) in [7, 11) is -2.58. The molecule has 0 saturated carbocycles. The molecule has 1 unspecified atom stereocenters. The Morgan fingerprint density at radius 2 is 1.86 bits per heavy atom. The largest absolute Gasteiger partial charge is 0.494 e. The topological polar surface area (TPSA) is 83.9 Å².